The highest BCUT2D eigenvalue weighted by molar-refractivity contribution is 5.80. The Morgan fingerprint density at radius 1 is 1.24 bits per heavy atom. The molecule has 1 aromatic carbocycles. The van der Waals surface area contributed by atoms with E-state index in [-0.39, 0.29) is 18.9 Å². The van der Waals surface area contributed by atoms with Crippen molar-refractivity contribution in [2.75, 3.05) is 59.7 Å². The van der Waals surface area contributed by atoms with E-state index in [4.69, 9.17) is 14.2 Å². The van der Waals surface area contributed by atoms with Gasteiger partial charge in [0.2, 0.25) is 0 Å². The van der Waals surface area contributed by atoms with E-state index in [9.17, 15) is 13.2 Å². The first-order valence-corrected chi connectivity index (χ1v) is 9.84. The summed E-state index contributed by atoms with van der Waals surface area (Å²) in [7, 11) is 1.64. The van der Waals surface area contributed by atoms with E-state index in [2.05, 4.69) is 15.2 Å². The summed E-state index contributed by atoms with van der Waals surface area (Å²) < 4.78 is 55.0. The number of methoxy groups -OCH3 is 1. The summed E-state index contributed by atoms with van der Waals surface area (Å²) in [5.41, 5.74) is -0.772. The fourth-order valence-electron chi connectivity index (χ4n) is 3.11. The number of para-hydroxylation sites is 1. The average Bonchev–Trinajstić information content (AvgIpc) is 3.16. The number of hydrogen-bond donors (Lipinski definition) is 1. The van der Waals surface area contributed by atoms with Crippen LogP contribution >= 0.6 is 0 Å². The van der Waals surface area contributed by atoms with E-state index in [1.807, 2.05) is 6.92 Å². The number of halogens is 3. The third-order valence-electron chi connectivity index (χ3n) is 4.51. The molecule has 1 fully saturated rings. The molecule has 0 spiro atoms. The molecule has 1 aromatic rings. The molecule has 6 nitrogen and oxygen atoms in total. The van der Waals surface area contributed by atoms with E-state index < -0.39 is 11.7 Å². The van der Waals surface area contributed by atoms with Gasteiger partial charge in [0, 0.05) is 32.7 Å². The maximum absolute atomic E-state index is 13.0. The zero-order valence-corrected chi connectivity index (χ0v) is 17.0. The third kappa shape index (κ3) is 7.74. The Hall–Kier alpha value is -2.00. The van der Waals surface area contributed by atoms with Gasteiger partial charge in [-0.1, -0.05) is 12.1 Å². The first-order chi connectivity index (χ1) is 14.0. The second-order valence-corrected chi connectivity index (χ2v) is 6.75. The van der Waals surface area contributed by atoms with Crippen LogP contribution in [0.3, 0.4) is 0 Å². The van der Waals surface area contributed by atoms with Gasteiger partial charge in [-0.2, -0.15) is 13.2 Å². The van der Waals surface area contributed by atoms with Crippen molar-refractivity contribution in [2.45, 2.75) is 19.5 Å². The highest BCUT2D eigenvalue weighted by Crippen LogP contribution is 2.35. The molecular weight excluding hydrogens is 387 g/mol. The van der Waals surface area contributed by atoms with Gasteiger partial charge in [0.15, 0.2) is 5.96 Å². The highest BCUT2D eigenvalue weighted by Gasteiger charge is 2.34. The minimum absolute atomic E-state index is 0.0688. The minimum atomic E-state index is -4.44. The van der Waals surface area contributed by atoms with E-state index in [0.717, 1.165) is 31.5 Å². The van der Waals surface area contributed by atoms with Gasteiger partial charge >= 0.3 is 6.18 Å². The van der Waals surface area contributed by atoms with Crippen molar-refractivity contribution >= 4 is 5.96 Å². The van der Waals surface area contributed by atoms with Crippen LogP contribution in [-0.2, 0) is 15.7 Å². The number of alkyl halides is 3. The van der Waals surface area contributed by atoms with Crippen molar-refractivity contribution in [2.24, 2.45) is 10.9 Å². The Kier molecular flexibility index (Phi) is 9.53. The van der Waals surface area contributed by atoms with Crippen LogP contribution in [-0.4, -0.2) is 70.6 Å². The SMILES string of the molecule is CCNC(=NCCOc1ccccc1C(F)(F)F)N1CCC(COCCOC)C1. The Morgan fingerprint density at radius 3 is 2.76 bits per heavy atom. The first-order valence-electron chi connectivity index (χ1n) is 9.84. The van der Waals surface area contributed by atoms with E-state index in [1.54, 1.807) is 7.11 Å². The maximum Gasteiger partial charge on any atom is 0.419 e. The molecule has 0 aliphatic carbocycles. The molecule has 1 N–H and O–H groups in total. The Balaban J connectivity index is 1.84. The van der Waals surface area contributed by atoms with Crippen molar-refractivity contribution in [3.05, 3.63) is 29.8 Å². The molecule has 9 heteroatoms. The fourth-order valence-corrected chi connectivity index (χ4v) is 3.11. The molecule has 1 heterocycles. The smallest absolute Gasteiger partial charge is 0.419 e. The monoisotopic (exact) mass is 417 g/mol. The zero-order valence-electron chi connectivity index (χ0n) is 17.0. The van der Waals surface area contributed by atoms with Gasteiger partial charge in [-0.25, -0.2) is 4.99 Å². The molecule has 29 heavy (non-hydrogen) atoms. The molecule has 0 amide bonds. The molecule has 164 valence electrons. The molecular formula is C20H30F3N3O3. The lowest BCUT2D eigenvalue weighted by atomic mass is 10.1. The van der Waals surface area contributed by atoms with Crippen molar-refractivity contribution < 1.29 is 27.4 Å². The molecule has 0 radical (unpaired) electrons. The van der Waals surface area contributed by atoms with Crippen molar-refractivity contribution in [1.82, 2.24) is 10.2 Å². The Labute approximate surface area is 170 Å². The summed E-state index contributed by atoms with van der Waals surface area (Å²) in [5, 5.41) is 3.24. The molecule has 1 unspecified atom stereocenters. The topological polar surface area (TPSA) is 55.3 Å². The van der Waals surface area contributed by atoms with Crippen molar-refractivity contribution in [3.63, 3.8) is 0 Å². The van der Waals surface area contributed by atoms with Gasteiger partial charge in [-0.05, 0) is 25.5 Å². The van der Waals surface area contributed by atoms with Gasteiger partial charge in [0.05, 0.1) is 31.9 Å². The summed E-state index contributed by atoms with van der Waals surface area (Å²) in [6.07, 6.45) is -3.43. The fraction of sp³-hybridized carbons (Fsp3) is 0.650. The molecule has 1 atom stereocenters. The van der Waals surface area contributed by atoms with Crippen LogP contribution in [0.1, 0.15) is 18.9 Å². The number of nitrogens with zero attached hydrogens (tertiary/aromatic N) is 2. The van der Waals surface area contributed by atoms with Crippen molar-refractivity contribution in [3.8, 4) is 5.75 Å². The molecule has 1 aliphatic heterocycles. The van der Waals surface area contributed by atoms with E-state index >= 15 is 0 Å². The molecule has 1 aliphatic rings. The van der Waals surface area contributed by atoms with Crippen molar-refractivity contribution in [1.29, 1.82) is 0 Å². The predicted molar refractivity (Wildman–Crippen MR) is 105 cm³/mol. The van der Waals surface area contributed by atoms with Gasteiger partial charge in [0.1, 0.15) is 12.4 Å². The largest absolute Gasteiger partial charge is 0.491 e. The number of nitrogens with one attached hydrogen (secondary N) is 1. The van der Waals surface area contributed by atoms with Gasteiger partial charge in [-0.3, -0.25) is 0 Å². The number of guanidine groups is 1. The van der Waals surface area contributed by atoms with Crippen LogP contribution in [0.4, 0.5) is 13.2 Å². The molecule has 1 saturated heterocycles. The lowest BCUT2D eigenvalue weighted by molar-refractivity contribution is -0.138. The normalized spacial score (nSPS) is 17.6. The summed E-state index contributed by atoms with van der Waals surface area (Å²) in [6.45, 7) is 6.56. The number of rotatable bonds is 10. The van der Waals surface area contributed by atoms with Crippen LogP contribution < -0.4 is 10.1 Å². The zero-order chi connectivity index (χ0) is 21.1. The predicted octanol–water partition coefficient (Wildman–Crippen LogP) is 3.03. The molecule has 0 aromatic heterocycles. The summed E-state index contributed by atoms with van der Waals surface area (Å²) in [5.74, 6) is 1.000. The molecule has 2 rings (SSSR count). The summed E-state index contributed by atoms with van der Waals surface area (Å²) >= 11 is 0. The third-order valence-corrected chi connectivity index (χ3v) is 4.51. The number of likely N-dealkylation sites (tertiary alicyclic amines) is 1. The molecule has 0 bridgehead atoms. The van der Waals surface area contributed by atoms with Crippen LogP contribution in [0.2, 0.25) is 0 Å². The van der Waals surface area contributed by atoms with E-state index in [0.29, 0.717) is 32.3 Å². The second kappa shape index (κ2) is 11.9. The van der Waals surface area contributed by atoms with Crippen LogP contribution in [0, 0.1) is 5.92 Å². The van der Waals surface area contributed by atoms with Crippen LogP contribution in [0.15, 0.2) is 29.3 Å². The lowest BCUT2D eigenvalue weighted by Crippen LogP contribution is -2.40. The first kappa shape index (κ1) is 23.3. The minimum Gasteiger partial charge on any atom is -0.491 e. The summed E-state index contributed by atoms with van der Waals surface area (Å²) in [4.78, 5) is 6.66. The average molecular weight is 417 g/mol. The number of benzene rings is 1. The highest BCUT2D eigenvalue weighted by atomic mass is 19.4. The van der Waals surface area contributed by atoms with Gasteiger partial charge in [-0.15, -0.1) is 0 Å². The van der Waals surface area contributed by atoms with Crippen LogP contribution in [0.5, 0.6) is 5.75 Å². The Bertz CT molecular complexity index is 641. The maximum atomic E-state index is 13.0. The van der Waals surface area contributed by atoms with E-state index in [1.165, 1.54) is 18.2 Å². The Morgan fingerprint density at radius 2 is 2.03 bits per heavy atom. The van der Waals surface area contributed by atoms with Gasteiger partial charge in [0.25, 0.3) is 0 Å². The molecule has 0 saturated carbocycles. The number of ether oxygens (including phenoxy) is 3. The van der Waals surface area contributed by atoms with Crippen LogP contribution in [0.25, 0.3) is 0 Å². The number of hydrogen-bond acceptors (Lipinski definition) is 4. The summed E-state index contributed by atoms with van der Waals surface area (Å²) in [6, 6.07) is 5.21. The van der Waals surface area contributed by atoms with Gasteiger partial charge < -0.3 is 24.4 Å². The second-order valence-electron chi connectivity index (χ2n) is 6.75. The standard InChI is InChI=1S/C20H30F3N3O3/c1-3-24-19(26-10-8-16(14-26)15-28-13-12-27-2)25-9-11-29-18-7-5-4-6-17(18)20(21,22)23/h4-7,16H,3,8-15H2,1-2H3,(H,24,25). The number of aliphatic imine (C=N–C) groups is 1. The lowest BCUT2D eigenvalue weighted by Gasteiger charge is -2.22. The quantitative estimate of drug-likeness (QED) is 0.360.